The lowest BCUT2D eigenvalue weighted by Gasteiger charge is -2.25. The predicted octanol–water partition coefficient (Wildman–Crippen LogP) is 13.3. The monoisotopic (exact) mass is 703 g/mol. The lowest BCUT2D eigenvalue weighted by atomic mass is 9.95. The normalized spacial score (nSPS) is 14.6. The number of rotatable bonds is 3. The van der Waals surface area contributed by atoms with Crippen molar-refractivity contribution in [2.75, 3.05) is 5.32 Å². The molecular formula is C50H29N3O2. The lowest BCUT2D eigenvalue weighted by molar-refractivity contribution is 0.600. The summed E-state index contributed by atoms with van der Waals surface area (Å²) in [6.45, 7) is 0. The molecule has 5 nitrogen and oxygen atoms in total. The first-order valence-corrected chi connectivity index (χ1v) is 18.7. The van der Waals surface area contributed by atoms with Gasteiger partial charge >= 0.3 is 0 Å². The van der Waals surface area contributed by atoms with Crippen LogP contribution < -0.4 is 5.32 Å². The van der Waals surface area contributed by atoms with Gasteiger partial charge in [0.2, 0.25) is 0 Å². The van der Waals surface area contributed by atoms with E-state index in [1.165, 1.54) is 26.9 Å². The van der Waals surface area contributed by atoms with E-state index in [-0.39, 0.29) is 6.17 Å². The van der Waals surface area contributed by atoms with Crippen molar-refractivity contribution in [3.8, 4) is 5.69 Å². The Morgan fingerprint density at radius 3 is 1.82 bits per heavy atom. The van der Waals surface area contributed by atoms with Crippen LogP contribution in [0.4, 0.5) is 5.69 Å². The molecule has 1 aliphatic heterocycles. The first kappa shape index (κ1) is 29.1. The van der Waals surface area contributed by atoms with Crippen LogP contribution in [-0.4, -0.2) is 10.3 Å². The highest BCUT2D eigenvalue weighted by Gasteiger charge is 2.31. The van der Waals surface area contributed by atoms with E-state index in [2.05, 4.69) is 162 Å². The van der Waals surface area contributed by atoms with Gasteiger partial charge in [-0.1, -0.05) is 121 Å². The molecule has 0 saturated heterocycles. The van der Waals surface area contributed by atoms with Gasteiger partial charge in [-0.3, -0.25) is 4.99 Å². The number of hydrogen-bond acceptors (Lipinski definition) is 4. The zero-order chi connectivity index (χ0) is 35.8. The minimum atomic E-state index is -0.361. The summed E-state index contributed by atoms with van der Waals surface area (Å²) in [5, 5.41) is 16.6. The van der Waals surface area contributed by atoms with Crippen LogP contribution in [0.3, 0.4) is 0 Å². The highest BCUT2D eigenvalue weighted by atomic mass is 16.3. The molecule has 1 N–H and O–H groups in total. The van der Waals surface area contributed by atoms with Crippen LogP contribution >= 0.6 is 0 Å². The molecule has 4 heterocycles. The number of para-hydroxylation sites is 1. The molecule has 0 fully saturated rings. The Kier molecular flexibility index (Phi) is 5.62. The van der Waals surface area contributed by atoms with Gasteiger partial charge in [0.1, 0.15) is 28.6 Å². The van der Waals surface area contributed by atoms with Crippen LogP contribution in [0.15, 0.2) is 178 Å². The topological polar surface area (TPSA) is 55.6 Å². The summed E-state index contributed by atoms with van der Waals surface area (Å²) in [5.41, 5.74) is 10.0. The second-order valence-electron chi connectivity index (χ2n) is 14.6. The predicted molar refractivity (Wildman–Crippen MR) is 226 cm³/mol. The molecule has 0 spiro atoms. The van der Waals surface area contributed by atoms with E-state index in [0.717, 1.165) is 94.1 Å². The van der Waals surface area contributed by atoms with Gasteiger partial charge in [0, 0.05) is 43.4 Å². The van der Waals surface area contributed by atoms with E-state index in [1.807, 2.05) is 12.1 Å². The Balaban J connectivity index is 1.09. The molecule has 12 aromatic rings. The number of fused-ring (bicyclic) bond motifs is 5. The van der Waals surface area contributed by atoms with Crippen molar-refractivity contribution < 1.29 is 8.83 Å². The number of benzene rings is 9. The van der Waals surface area contributed by atoms with Crippen LogP contribution in [0.1, 0.15) is 23.1 Å². The summed E-state index contributed by atoms with van der Waals surface area (Å²) in [4.78, 5) is 5.53. The molecule has 13 rings (SSSR count). The third kappa shape index (κ3) is 3.88. The summed E-state index contributed by atoms with van der Waals surface area (Å²) in [5.74, 6) is 0.767. The van der Waals surface area contributed by atoms with E-state index in [4.69, 9.17) is 13.8 Å². The number of nitrogens with one attached hydrogen (secondary N) is 1. The van der Waals surface area contributed by atoms with Gasteiger partial charge in [-0.25, -0.2) is 0 Å². The SMILES string of the molecule is c1ccc2c(C3=NC(c4ccc(-n5c6ccc7cccc8oc9cccc%10ccc5c(c%109)c6c78)c5ccccc45)Nc4c3oc3ccccc43)cccc2c1. The van der Waals surface area contributed by atoms with Crippen LogP contribution in [0, 0.1) is 0 Å². The second-order valence-corrected chi connectivity index (χ2v) is 14.6. The van der Waals surface area contributed by atoms with E-state index in [1.54, 1.807) is 0 Å². The van der Waals surface area contributed by atoms with Gasteiger partial charge in [0.05, 0.1) is 22.4 Å². The maximum absolute atomic E-state index is 6.69. The molecule has 1 atom stereocenters. The fourth-order valence-corrected chi connectivity index (χ4v) is 9.45. The van der Waals surface area contributed by atoms with Crippen LogP contribution in [0.25, 0.3) is 92.7 Å². The number of anilines is 1. The zero-order valence-corrected chi connectivity index (χ0v) is 29.4. The molecule has 0 radical (unpaired) electrons. The van der Waals surface area contributed by atoms with Gasteiger partial charge in [-0.15, -0.1) is 0 Å². The number of furan rings is 1. The van der Waals surface area contributed by atoms with Crippen molar-refractivity contribution >= 4 is 98.4 Å². The van der Waals surface area contributed by atoms with Crippen molar-refractivity contribution in [3.05, 3.63) is 181 Å². The average Bonchev–Trinajstić information content (AvgIpc) is 3.74. The lowest BCUT2D eigenvalue weighted by Crippen LogP contribution is -2.20. The van der Waals surface area contributed by atoms with Crippen molar-refractivity contribution in [2.45, 2.75) is 6.17 Å². The van der Waals surface area contributed by atoms with Crippen LogP contribution in [-0.2, 0) is 0 Å². The molecule has 5 heteroatoms. The first-order chi connectivity index (χ1) is 27.3. The average molecular weight is 704 g/mol. The quantitative estimate of drug-likeness (QED) is 0.199. The van der Waals surface area contributed by atoms with Crippen LogP contribution in [0.5, 0.6) is 0 Å². The standard InChI is InChI=1S/C50H29N3O2/c1-2-14-31-28(10-1)11-7-18-34(31)47-49-48(36-17-5-6-19-40(36)55-49)52-50(51-47)35-24-27-37(33-16-4-3-15-32(33)35)53-38-25-22-29-12-8-20-41-43(29)45(38)46-39(53)26-23-30-13-9-21-42(54-41)44(30)46/h1-27,50,52H. The van der Waals surface area contributed by atoms with Gasteiger partial charge in [-0.2, -0.15) is 0 Å². The fourth-order valence-electron chi connectivity index (χ4n) is 9.45. The zero-order valence-electron chi connectivity index (χ0n) is 29.4. The second kappa shape index (κ2) is 10.6. The first-order valence-electron chi connectivity index (χ1n) is 18.7. The molecule has 0 amide bonds. The largest absolute Gasteiger partial charge is 0.456 e. The van der Waals surface area contributed by atoms with Gasteiger partial charge in [0.25, 0.3) is 0 Å². The molecule has 0 bridgehead atoms. The molecule has 0 aliphatic carbocycles. The smallest absolute Gasteiger partial charge is 0.177 e. The summed E-state index contributed by atoms with van der Waals surface area (Å²) in [7, 11) is 0. The molecule has 1 aliphatic rings. The number of aliphatic imine (C=N–C) groups is 1. The number of nitrogens with zero attached hydrogens (tertiary/aromatic N) is 2. The van der Waals surface area contributed by atoms with E-state index in [0.29, 0.717) is 0 Å². The Morgan fingerprint density at radius 1 is 0.455 bits per heavy atom. The molecule has 55 heavy (non-hydrogen) atoms. The van der Waals surface area contributed by atoms with Crippen LogP contribution in [0.2, 0.25) is 0 Å². The molecule has 256 valence electrons. The number of hydrogen-bond donors (Lipinski definition) is 1. The maximum atomic E-state index is 6.69. The fraction of sp³-hybridized carbons (Fsp3) is 0.0200. The Morgan fingerprint density at radius 2 is 1.05 bits per heavy atom. The van der Waals surface area contributed by atoms with Gasteiger partial charge < -0.3 is 18.7 Å². The Labute approximate surface area is 313 Å². The van der Waals surface area contributed by atoms with E-state index >= 15 is 0 Å². The summed E-state index contributed by atoms with van der Waals surface area (Å²) < 4.78 is 15.7. The minimum absolute atomic E-state index is 0.361. The minimum Gasteiger partial charge on any atom is -0.456 e. The number of aromatic nitrogens is 1. The van der Waals surface area contributed by atoms with Crippen molar-refractivity contribution in [3.63, 3.8) is 0 Å². The maximum Gasteiger partial charge on any atom is 0.177 e. The summed E-state index contributed by atoms with van der Waals surface area (Å²) in [6, 6.07) is 58.2. The van der Waals surface area contributed by atoms with E-state index < -0.39 is 0 Å². The molecule has 9 aromatic carbocycles. The molecule has 1 unspecified atom stereocenters. The van der Waals surface area contributed by atoms with Gasteiger partial charge in [0.15, 0.2) is 5.76 Å². The Bertz CT molecular complexity index is 3490. The third-order valence-corrected chi connectivity index (χ3v) is 11.8. The Hall–Kier alpha value is -7.37. The molecule has 3 aromatic heterocycles. The van der Waals surface area contributed by atoms with E-state index in [9.17, 15) is 0 Å². The summed E-state index contributed by atoms with van der Waals surface area (Å²) >= 11 is 0. The third-order valence-electron chi connectivity index (χ3n) is 11.8. The highest BCUT2D eigenvalue weighted by Crippen LogP contribution is 2.47. The highest BCUT2D eigenvalue weighted by molar-refractivity contribution is 6.34. The molecule has 0 saturated carbocycles. The van der Waals surface area contributed by atoms with Crippen molar-refractivity contribution in [2.24, 2.45) is 4.99 Å². The summed E-state index contributed by atoms with van der Waals surface area (Å²) in [6.07, 6.45) is -0.361. The molecular weight excluding hydrogens is 675 g/mol. The van der Waals surface area contributed by atoms with Crippen molar-refractivity contribution in [1.29, 1.82) is 0 Å². The van der Waals surface area contributed by atoms with Gasteiger partial charge in [-0.05, 0) is 69.4 Å². The van der Waals surface area contributed by atoms with Crippen molar-refractivity contribution in [1.82, 2.24) is 4.57 Å².